The molecule has 2 rings (SSSR count). The van der Waals surface area contributed by atoms with Crippen LogP contribution in [0.3, 0.4) is 0 Å². The lowest BCUT2D eigenvalue weighted by molar-refractivity contribution is -0.137. The number of aliphatic hydroxyl groups excluding tert-OH is 1. The molecule has 1 aromatic rings. The van der Waals surface area contributed by atoms with Crippen molar-refractivity contribution in [2.45, 2.75) is 38.1 Å². The van der Waals surface area contributed by atoms with Gasteiger partial charge in [-0.1, -0.05) is 12.1 Å². The van der Waals surface area contributed by atoms with E-state index in [0.717, 1.165) is 12.1 Å². The molecule has 2 unspecified atom stereocenters. The van der Waals surface area contributed by atoms with Crippen LogP contribution in [0.4, 0.5) is 13.2 Å². The minimum Gasteiger partial charge on any atom is -0.387 e. The average molecular weight is 287 g/mol. The summed E-state index contributed by atoms with van der Waals surface area (Å²) < 4.78 is 37.9. The second-order valence-electron chi connectivity index (χ2n) is 5.66. The van der Waals surface area contributed by atoms with Crippen molar-refractivity contribution < 1.29 is 18.3 Å². The van der Waals surface area contributed by atoms with Crippen LogP contribution < -0.4 is 0 Å². The minimum atomic E-state index is -4.37. The number of hydrogen-bond donors (Lipinski definition) is 1. The molecule has 0 saturated heterocycles. The number of alkyl halides is 3. The lowest BCUT2D eigenvalue weighted by Crippen LogP contribution is -2.34. The first-order valence-electron chi connectivity index (χ1n) is 6.84. The van der Waals surface area contributed by atoms with Gasteiger partial charge in [-0.15, -0.1) is 0 Å². The molecule has 1 aliphatic rings. The molecule has 0 bridgehead atoms. The smallest absolute Gasteiger partial charge is 0.387 e. The number of halogens is 3. The van der Waals surface area contributed by atoms with E-state index < -0.39 is 17.8 Å². The summed E-state index contributed by atoms with van der Waals surface area (Å²) in [6.45, 7) is 2.44. The van der Waals surface area contributed by atoms with E-state index >= 15 is 0 Å². The van der Waals surface area contributed by atoms with E-state index in [1.165, 1.54) is 25.0 Å². The zero-order valence-corrected chi connectivity index (χ0v) is 11.7. The second-order valence-corrected chi connectivity index (χ2v) is 5.66. The lowest BCUT2D eigenvalue weighted by Gasteiger charge is -2.27. The average Bonchev–Trinajstić information content (AvgIpc) is 3.21. The zero-order chi connectivity index (χ0) is 14.9. The fourth-order valence-electron chi connectivity index (χ4n) is 2.41. The van der Waals surface area contributed by atoms with Crippen molar-refractivity contribution in [2.24, 2.45) is 5.92 Å². The van der Waals surface area contributed by atoms with Crippen molar-refractivity contribution in [2.75, 3.05) is 13.6 Å². The third-order valence-electron chi connectivity index (χ3n) is 4.06. The van der Waals surface area contributed by atoms with Gasteiger partial charge in [-0.3, -0.25) is 0 Å². The maximum atomic E-state index is 12.6. The van der Waals surface area contributed by atoms with Gasteiger partial charge < -0.3 is 10.0 Å². The van der Waals surface area contributed by atoms with Crippen LogP contribution in [-0.4, -0.2) is 29.6 Å². The molecule has 0 spiro atoms. The highest BCUT2D eigenvalue weighted by Crippen LogP contribution is 2.35. The second kappa shape index (κ2) is 5.74. The topological polar surface area (TPSA) is 23.5 Å². The number of rotatable bonds is 5. The summed E-state index contributed by atoms with van der Waals surface area (Å²) in [7, 11) is 1.90. The number of likely N-dealkylation sites (N-methyl/N-ethyl adjacent to an activating group) is 1. The number of benzene rings is 1. The molecule has 1 N–H and O–H groups in total. The Morgan fingerprint density at radius 1 is 1.35 bits per heavy atom. The molecule has 1 aromatic carbocycles. The molecular formula is C15H20F3NO. The van der Waals surface area contributed by atoms with Gasteiger partial charge in [-0.05, 0) is 50.4 Å². The van der Waals surface area contributed by atoms with Crippen molar-refractivity contribution in [3.63, 3.8) is 0 Å². The summed E-state index contributed by atoms with van der Waals surface area (Å²) in [5.74, 6) is 0.661. The van der Waals surface area contributed by atoms with E-state index in [4.69, 9.17) is 0 Å². The summed E-state index contributed by atoms with van der Waals surface area (Å²) in [5.41, 5.74) is -0.401. The van der Waals surface area contributed by atoms with Crippen molar-refractivity contribution in [1.82, 2.24) is 4.90 Å². The molecule has 2 atom stereocenters. The van der Waals surface area contributed by atoms with Crippen LogP contribution in [-0.2, 0) is 6.18 Å². The summed E-state index contributed by atoms with van der Waals surface area (Å²) >= 11 is 0. The van der Waals surface area contributed by atoms with Crippen LogP contribution >= 0.6 is 0 Å². The van der Waals surface area contributed by atoms with Crippen LogP contribution in [0.5, 0.6) is 0 Å². The Balaban J connectivity index is 2.03. The highest BCUT2D eigenvalue weighted by Gasteiger charge is 2.32. The first kappa shape index (κ1) is 15.3. The van der Waals surface area contributed by atoms with E-state index in [2.05, 4.69) is 6.92 Å². The third-order valence-corrected chi connectivity index (χ3v) is 4.06. The summed E-state index contributed by atoms with van der Waals surface area (Å²) in [4.78, 5) is 2.02. The Morgan fingerprint density at radius 3 is 2.55 bits per heavy atom. The molecule has 1 saturated carbocycles. The molecular weight excluding hydrogens is 267 g/mol. The van der Waals surface area contributed by atoms with Crippen LogP contribution in [0.1, 0.15) is 37.0 Å². The molecule has 0 radical (unpaired) electrons. The van der Waals surface area contributed by atoms with Crippen molar-refractivity contribution in [3.05, 3.63) is 35.4 Å². The molecule has 0 amide bonds. The van der Waals surface area contributed by atoms with E-state index in [0.29, 0.717) is 24.1 Å². The van der Waals surface area contributed by atoms with Gasteiger partial charge in [0.15, 0.2) is 0 Å². The van der Waals surface area contributed by atoms with Gasteiger partial charge >= 0.3 is 6.18 Å². The monoisotopic (exact) mass is 287 g/mol. The fraction of sp³-hybridized carbons (Fsp3) is 0.600. The molecule has 2 nitrogen and oxygen atoms in total. The minimum absolute atomic E-state index is 0.315. The van der Waals surface area contributed by atoms with Gasteiger partial charge in [0, 0.05) is 12.6 Å². The Labute approximate surface area is 117 Å². The molecule has 1 aliphatic carbocycles. The SMILES string of the molecule is CC(C1CC1)N(C)CC(O)c1cccc(C(F)(F)F)c1. The van der Waals surface area contributed by atoms with Gasteiger partial charge in [-0.25, -0.2) is 0 Å². The van der Waals surface area contributed by atoms with E-state index in [1.54, 1.807) is 0 Å². The highest BCUT2D eigenvalue weighted by atomic mass is 19.4. The largest absolute Gasteiger partial charge is 0.416 e. The molecule has 0 aliphatic heterocycles. The standard InChI is InChI=1S/C15H20F3NO/c1-10(11-6-7-11)19(2)9-14(20)12-4-3-5-13(8-12)15(16,17)18/h3-5,8,10-11,14,20H,6-7,9H2,1-2H3. The van der Waals surface area contributed by atoms with E-state index in [-0.39, 0.29) is 0 Å². The van der Waals surface area contributed by atoms with Crippen molar-refractivity contribution in [3.8, 4) is 0 Å². The molecule has 1 fully saturated rings. The zero-order valence-electron chi connectivity index (χ0n) is 11.7. The van der Waals surface area contributed by atoms with Crippen LogP contribution in [0.2, 0.25) is 0 Å². The van der Waals surface area contributed by atoms with E-state index in [9.17, 15) is 18.3 Å². The number of nitrogens with zero attached hydrogens (tertiary/aromatic N) is 1. The highest BCUT2D eigenvalue weighted by molar-refractivity contribution is 5.27. The van der Waals surface area contributed by atoms with Crippen LogP contribution in [0.15, 0.2) is 24.3 Å². The molecule has 20 heavy (non-hydrogen) atoms. The Hall–Kier alpha value is -1.07. The first-order chi connectivity index (χ1) is 9.29. The lowest BCUT2D eigenvalue weighted by atomic mass is 10.0. The molecule has 0 aromatic heterocycles. The molecule has 112 valence electrons. The van der Waals surface area contributed by atoms with Gasteiger partial charge in [0.1, 0.15) is 0 Å². The summed E-state index contributed by atoms with van der Waals surface area (Å²) in [6, 6.07) is 5.28. The predicted octanol–water partition coefficient (Wildman–Crippen LogP) is 3.47. The Bertz CT molecular complexity index is 457. The maximum absolute atomic E-state index is 12.6. The number of hydrogen-bond acceptors (Lipinski definition) is 2. The molecule has 0 heterocycles. The normalized spacial score (nSPS) is 19.1. The van der Waals surface area contributed by atoms with Gasteiger partial charge in [0.2, 0.25) is 0 Å². The van der Waals surface area contributed by atoms with Crippen LogP contribution in [0.25, 0.3) is 0 Å². The maximum Gasteiger partial charge on any atom is 0.416 e. The predicted molar refractivity (Wildman–Crippen MR) is 71.2 cm³/mol. The number of aliphatic hydroxyl groups is 1. The van der Waals surface area contributed by atoms with Gasteiger partial charge in [-0.2, -0.15) is 13.2 Å². The molecule has 5 heteroatoms. The Kier molecular flexibility index (Phi) is 4.39. The quantitative estimate of drug-likeness (QED) is 0.896. The van der Waals surface area contributed by atoms with Gasteiger partial charge in [0.25, 0.3) is 0 Å². The van der Waals surface area contributed by atoms with Crippen LogP contribution in [0, 0.1) is 5.92 Å². The van der Waals surface area contributed by atoms with Crippen molar-refractivity contribution in [1.29, 1.82) is 0 Å². The van der Waals surface area contributed by atoms with Gasteiger partial charge in [0.05, 0.1) is 11.7 Å². The summed E-state index contributed by atoms with van der Waals surface area (Å²) in [5, 5.41) is 10.1. The fourth-order valence-corrected chi connectivity index (χ4v) is 2.41. The van der Waals surface area contributed by atoms with E-state index in [1.807, 2.05) is 11.9 Å². The summed E-state index contributed by atoms with van der Waals surface area (Å²) in [6.07, 6.45) is -2.87. The third kappa shape index (κ3) is 3.73. The van der Waals surface area contributed by atoms with Crippen molar-refractivity contribution >= 4 is 0 Å². The first-order valence-corrected chi connectivity index (χ1v) is 6.84. The Morgan fingerprint density at radius 2 is 2.00 bits per heavy atom.